The molecule has 7 heteroatoms. The van der Waals surface area contributed by atoms with Crippen LogP contribution in [0.2, 0.25) is 0 Å². The fraction of sp³-hybridized carbons (Fsp3) is 0.333. The molecule has 3 aromatic rings. The summed E-state index contributed by atoms with van der Waals surface area (Å²) in [6.07, 6.45) is 7.02. The van der Waals surface area contributed by atoms with Crippen molar-refractivity contribution in [2.24, 2.45) is 0 Å². The Kier molecular flexibility index (Phi) is 6.10. The normalized spacial score (nSPS) is 18.4. The van der Waals surface area contributed by atoms with E-state index in [4.69, 9.17) is 0 Å². The predicted molar refractivity (Wildman–Crippen MR) is 116 cm³/mol. The predicted octanol–water partition coefficient (Wildman–Crippen LogP) is 3.07. The van der Waals surface area contributed by atoms with Crippen LogP contribution in [0.25, 0.3) is 5.69 Å². The van der Waals surface area contributed by atoms with Crippen molar-refractivity contribution in [3.05, 3.63) is 76.9 Å². The molecule has 0 spiro atoms. The number of hydrogen-bond acceptors (Lipinski definition) is 5. The van der Waals surface area contributed by atoms with Crippen LogP contribution in [0.15, 0.2) is 48.8 Å². The Labute approximate surface area is 181 Å². The lowest BCUT2D eigenvalue weighted by Crippen LogP contribution is -2.45. The van der Waals surface area contributed by atoms with Crippen molar-refractivity contribution in [2.75, 3.05) is 0 Å². The number of carbonyl (C=O) groups is 1. The maximum absolute atomic E-state index is 12.8. The first-order valence-electron chi connectivity index (χ1n) is 10.5. The van der Waals surface area contributed by atoms with Crippen LogP contribution in [0.4, 0.5) is 0 Å². The minimum absolute atomic E-state index is 0.253. The van der Waals surface area contributed by atoms with Crippen LogP contribution in [0.1, 0.15) is 58.6 Å². The third-order valence-corrected chi connectivity index (χ3v) is 5.77. The van der Waals surface area contributed by atoms with Crippen molar-refractivity contribution in [3.63, 3.8) is 0 Å². The van der Waals surface area contributed by atoms with Crippen LogP contribution in [-0.2, 0) is 6.42 Å². The van der Waals surface area contributed by atoms with Crippen molar-refractivity contribution in [1.29, 1.82) is 5.26 Å². The van der Waals surface area contributed by atoms with Gasteiger partial charge in [0.05, 0.1) is 29.1 Å². The summed E-state index contributed by atoms with van der Waals surface area (Å²) >= 11 is 0. The molecule has 1 amide bonds. The first-order valence-corrected chi connectivity index (χ1v) is 10.5. The lowest BCUT2D eigenvalue weighted by molar-refractivity contribution is 0.0713. The number of aliphatic hydroxyl groups excluding tert-OH is 1. The third-order valence-electron chi connectivity index (χ3n) is 5.77. The van der Waals surface area contributed by atoms with Gasteiger partial charge in [0.2, 0.25) is 0 Å². The number of aromatic nitrogens is 3. The molecule has 1 fully saturated rings. The van der Waals surface area contributed by atoms with E-state index in [9.17, 15) is 15.2 Å². The largest absolute Gasteiger partial charge is 0.391 e. The van der Waals surface area contributed by atoms with Crippen molar-refractivity contribution in [2.45, 2.75) is 51.2 Å². The summed E-state index contributed by atoms with van der Waals surface area (Å²) in [6.45, 7) is 1.75. The van der Waals surface area contributed by atoms with E-state index in [1.54, 1.807) is 23.9 Å². The van der Waals surface area contributed by atoms with Crippen molar-refractivity contribution in [3.8, 4) is 11.8 Å². The first-order chi connectivity index (χ1) is 15.0. The number of pyridine rings is 1. The second kappa shape index (κ2) is 9.11. The molecule has 0 radical (unpaired) electrons. The van der Waals surface area contributed by atoms with Crippen LogP contribution in [0.3, 0.4) is 0 Å². The number of hydrogen-bond donors (Lipinski definition) is 2. The van der Waals surface area contributed by atoms with Gasteiger partial charge in [-0.25, -0.2) is 9.67 Å². The Morgan fingerprint density at radius 3 is 2.74 bits per heavy atom. The van der Waals surface area contributed by atoms with E-state index >= 15 is 0 Å². The maximum Gasteiger partial charge on any atom is 0.270 e. The summed E-state index contributed by atoms with van der Waals surface area (Å²) in [5, 5.41) is 26.9. The Balaban J connectivity index is 1.56. The highest BCUT2D eigenvalue weighted by atomic mass is 16.3. The van der Waals surface area contributed by atoms with Gasteiger partial charge < -0.3 is 10.4 Å². The number of nitrogens with zero attached hydrogens (tertiary/aromatic N) is 4. The molecule has 1 aliphatic carbocycles. The lowest BCUT2D eigenvalue weighted by atomic mass is 9.92. The minimum atomic E-state index is -0.523. The lowest BCUT2D eigenvalue weighted by Gasteiger charge is -2.28. The van der Waals surface area contributed by atoms with Gasteiger partial charge in [0.25, 0.3) is 5.91 Å². The van der Waals surface area contributed by atoms with Crippen LogP contribution < -0.4 is 5.32 Å². The number of aliphatic hydroxyl groups is 1. The molecule has 2 aromatic heterocycles. The van der Waals surface area contributed by atoms with E-state index < -0.39 is 6.10 Å². The summed E-state index contributed by atoms with van der Waals surface area (Å²) in [5.74, 6) is -0.311. The average molecular weight is 415 g/mol. The highest BCUT2D eigenvalue weighted by molar-refractivity contribution is 5.93. The highest BCUT2D eigenvalue weighted by Crippen LogP contribution is 2.21. The molecule has 2 heterocycles. The number of nitrogens with one attached hydrogen (secondary N) is 1. The molecule has 1 aromatic carbocycles. The second-order valence-corrected chi connectivity index (χ2v) is 7.96. The number of rotatable bonds is 5. The fourth-order valence-corrected chi connectivity index (χ4v) is 4.08. The molecule has 0 saturated heterocycles. The van der Waals surface area contributed by atoms with Gasteiger partial charge in [0, 0.05) is 12.4 Å². The smallest absolute Gasteiger partial charge is 0.270 e. The molecule has 2 N–H and O–H groups in total. The zero-order valence-electron chi connectivity index (χ0n) is 17.5. The van der Waals surface area contributed by atoms with Crippen LogP contribution in [0.5, 0.6) is 0 Å². The van der Waals surface area contributed by atoms with E-state index in [1.807, 2.05) is 36.5 Å². The van der Waals surface area contributed by atoms with Gasteiger partial charge in [-0.15, -0.1) is 0 Å². The van der Waals surface area contributed by atoms with Gasteiger partial charge in [-0.2, -0.15) is 10.4 Å². The monoisotopic (exact) mass is 415 g/mol. The number of nitriles is 1. The zero-order chi connectivity index (χ0) is 21.8. The molecule has 1 saturated carbocycles. The minimum Gasteiger partial charge on any atom is -0.391 e. The Hall–Kier alpha value is -3.50. The summed E-state index contributed by atoms with van der Waals surface area (Å²) in [7, 11) is 0. The molecule has 2 atom stereocenters. The number of carbonyl (C=O) groups excluding carboxylic acids is 1. The summed E-state index contributed by atoms with van der Waals surface area (Å²) in [6, 6.07) is 13.5. The van der Waals surface area contributed by atoms with E-state index in [0.29, 0.717) is 24.1 Å². The number of aryl methyl sites for hydroxylation is 1. The zero-order valence-corrected chi connectivity index (χ0v) is 17.5. The Bertz CT molecular complexity index is 1100. The molecule has 4 rings (SSSR count). The van der Waals surface area contributed by atoms with Crippen molar-refractivity contribution < 1.29 is 9.90 Å². The SMILES string of the molecule is Cc1nc(C(=O)N[C@H]2CCCC[C@@H]2O)cc(Cc2ccc(-n3cccn3)cc2)c1C#N. The maximum atomic E-state index is 12.8. The Morgan fingerprint density at radius 1 is 1.29 bits per heavy atom. The van der Waals surface area contributed by atoms with Gasteiger partial charge in [0.1, 0.15) is 11.8 Å². The Morgan fingerprint density at radius 2 is 2.06 bits per heavy atom. The fourth-order valence-electron chi connectivity index (χ4n) is 4.08. The van der Waals surface area contributed by atoms with E-state index in [2.05, 4.69) is 21.5 Å². The molecule has 158 valence electrons. The number of benzene rings is 1. The molecule has 0 aliphatic heterocycles. The van der Waals surface area contributed by atoms with Crippen LogP contribution >= 0.6 is 0 Å². The molecule has 1 aliphatic rings. The van der Waals surface area contributed by atoms with Crippen LogP contribution in [0, 0.1) is 18.3 Å². The van der Waals surface area contributed by atoms with E-state index in [-0.39, 0.29) is 17.6 Å². The van der Waals surface area contributed by atoms with E-state index in [1.165, 1.54) is 0 Å². The topological polar surface area (TPSA) is 104 Å². The van der Waals surface area contributed by atoms with Gasteiger partial charge in [-0.3, -0.25) is 4.79 Å². The van der Waals surface area contributed by atoms with Crippen molar-refractivity contribution >= 4 is 5.91 Å². The first kappa shape index (κ1) is 20.8. The van der Waals surface area contributed by atoms with Crippen LogP contribution in [-0.4, -0.2) is 37.9 Å². The van der Waals surface area contributed by atoms with Gasteiger partial charge in [0.15, 0.2) is 0 Å². The second-order valence-electron chi connectivity index (χ2n) is 7.96. The number of amides is 1. The summed E-state index contributed by atoms with van der Waals surface area (Å²) in [5.41, 5.74) is 4.03. The average Bonchev–Trinajstić information content (AvgIpc) is 3.30. The standard InChI is InChI=1S/C24H25N5O2/c1-16-20(15-25)18(13-17-7-9-19(10-8-17)29-12-4-11-26-29)14-22(27-16)24(31)28-21-5-2-3-6-23(21)30/h4,7-12,14,21,23,30H,2-3,5-6,13H2,1H3,(H,28,31)/t21-,23-/m0/s1. The summed E-state index contributed by atoms with van der Waals surface area (Å²) < 4.78 is 1.78. The molecule has 7 nitrogen and oxygen atoms in total. The molecule has 0 unspecified atom stereocenters. The van der Waals surface area contributed by atoms with Gasteiger partial charge in [-0.1, -0.05) is 25.0 Å². The van der Waals surface area contributed by atoms with Crippen molar-refractivity contribution in [1.82, 2.24) is 20.1 Å². The highest BCUT2D eigenvalue weighted by Gasteiger charge is 2.26. The molecular formula is C24H25N5O2. The summed E-state index contributed by atoms with van der Waals surface area (Å²) in [4.78, 5) is 17.2. The quantitative estimate of drug-likeness (QED) is 0.666. The third kappa shape index (κ3) is 4.65. The van der Waals surface area contributed by atoms with Gasteiger partial charge in [-0.05, 0) is 61.6 Å². The van der Waals surface area contributed by atoms with Gasteiger partial charge >= 0.3 is 0 Å². The molecular weight excluding hydrogens is 390 g/mol. The molecule has 0 bridgehead atoms. The molecule has 31 heavy (non-hydrogen) atoms. The van der Waals surface area contributed by atoms with E-state index in [0.717, 1.165) is 36.1 Å².